The first-order valence-electron chi connectivity index (χ1n) is 7.62. The fraction of sp³-hybridized carbons (Fsp3) is 0.300. The molecule has 0 aliphatic heterocycles. The van der Waals surface area contributed by atoms with Crippen molar-refractivity contribution >= 4 is 6.08 Å². The van der Waals surface area contributed by atoms with Gasteiger partial charge in [-0.15, -0.1) is 0 Å². The molecule has 0 heterocycles. The molecule has 0 aliphatic rings. The van der Waals surface area contributed by atoms with Crippen LogP contribution in [0.25, 0.3) is 17.2 Å². The van der Waals surface area contributed by atoms with Gasteiger partial charge in [0.1, 0.15) is 0 Å². The maximum Gasteiger partial charge on any atom is 0.00966 e. The molecule has 0 atom stereocenters. The van der Waals surface area contributed by atoms with E-state index in [0.717, 1.165) is 13.0 Å². The lowest BCUT2D eigenvalue weighted by Gasteiger charge is -2.19. The van der Waals surface area contributed by atoms with Crippen molar-refractivity contribution < 1.29 is 0 Å². The van der Waals surface area contributed by atoms with Crippen LogP contribution in [0.5, 0.6) is 0 Å². The van der Waals surface area contributed by atoms with Crippen LogP contribution in [0, 0.1) is 0 Å². The molecule has 0 saturated heterocycles. The van der Waals surface area contributed by atoms with Crippen molar-refractivity contribution in [2.75, 3.05) is 6.54 Å². The Kier molecular flexibility index (Phi) is 5.35. The van der Waals surface area contributed by atoms with Crippen molar-refractivity contribution in [3.8, 4) is 11.1 Å². The molecule has 0 unspecified atom stereocenters. The van der Waals surface area contributed by atoms with Crippen LogP contribution in [-0.4, -0.2) is 12.1 Å². The average molecular weight is 279 g/mol. The van der Waals surface area contributed by atoms with Crippen LogP contribution in [0.2, 0.25) is 0 Å². The van der Waals surface area contributed by atoms with Gasteiger partial charge in [0.2, 0.25) is 0 Å². The molecule has 0 radical (unpaired) electrons. The maximum absolute atomic E-state index is 3.49. The van der Waals surface area contributed by atoms with Crippen LogP contribution in [-0.2, 0) is 0 Å². The summed E-state index contributed by atoms with van der Waals surface area (Å²) in [5.74, 6) is 0. The Morgan fingerprint density at radius 3 is 2.10 bits per heavy atom. The Morgan fingerprint density at radius 1 is 0.857 bits per heavy atom. The molecule has 1 heteroatoms. The predicted octanol–water partition coefficient (Wildman–Crippen LogP) is 5.15. The SMILES string of the molecule is CC(C)(C)NCCC=Cc1ccc(-c2ccccc2)cc1. The molecule has 2 rings (SSSR count). The zero-order valence-electron chi connectivity index (χ0n) is 13.3. The summed E-state index contributed by atoms with van der Waals surface area (Å²) in [4.78, 5) is 0. The summed E-state index contributed by atoms with van der Waals surface area (Å²) in [6.07, 6.45) is 5.48. The van der Waals surface area contributed by atoms with E-state index in [0.29, 0.717) is 0 Å². The minimum Gasteiger partial charge on any atom is -0.312 e. The smallest absolute Gasteiger partial charge is 0.00966 e. The fourth-order valence-electron chi connectivity index (χ4n) is 2.17. The van der Waals surface area contributed by atoms with Gasteiger partial charge in [-0.2, -0.15) is 0 Å². The minimum atomic E-state index is 0.200. The molecule has 1 nitrogen and oxygen atoms in total. The van der Waals surface area contributed by atoms with Gasteiger partial charge in [0.05, 0.1) is 0 Å². The highest BCUT2D eigenvalue weighted by Gasteiger charge is 2.06. The number of hydrogen-bond donors (Lipinski definition) is 1. The van der Waals surface area contributed by atoms with Crippen molar-refractivity contribution in [1.82, 2.24) is 5.32 Å². The molecular weight excluding hydrogens is 254 g/mol. The quantitative estimate of drug-likeness (QED) is 0.747. The number of hydrogen-bond acceptors (Lipinski definition) is 1. The van der Waals surface area contributed by atoms with Crippen molar-refractivity contribution in [2.24, 2.45) is 0 Å². The van der Waals surface area contributed by atoms with E-state index in [2.05, 4.69) is 86.8 Å². The molecule has 0 fully saturated rings. The second-order valence-corrected chi connectivity index (χ2v) is 6.36. The van der Waals surface area contributed by atoms with Crippen molar-refractivity contribution in [1.29, 1.82) is 0 Å². The van der Waals surface area contributed by atoms with E-state index < -0.39 is 0 Å². The summed E-state index contributed by atoms with van der Waals surface area (Å²) >= 11 is 0. The summed E-state index contributed by atoms with van der Waals surface area (Å²) in [5, 5.41) is 3.49. The van der Waals surface area contributed by atoms with E-state index in [-0.39, 0.29) is 5.54 Å². The lowest BCUT2D eigenvalue weighted by Crippen LogP contribution is -2.36. The van der Waals surface area contributed by atoms with Crippen LogP contribution in [0.15, 0.2) is 60.7 Å². The molecule has 0 bridgehead atoms. The molecule has 0 saturated carbocycles. The molecule has 0 amide bonds. The zero-order chi connectivity index (χ0) is 15.1. The summed E-state index contributed by atoms with van der Waals surface area (Å²) in [5.41, 5.74) is 3.99. The van der Waals surface area contributed by atoms with Gasteiger partial charge in [0.25, 0.3) is 0 Å². The fourth-order valence-corrected chi connectivity index (χ4v) is 2.17. The highest BCUT2D eigenvalue weighted by molar-refractivity contribution is 5.65. The van der Waals surface area contributed by atoms with E-state index in [4.69, 9.17) is 0 Å². The Balaban J connectivity index is 1.88. The highest BCUT2D eigenvalue weighted by atomic mass is 14.9. The van der Waals surface area contributed by atoms with Gasteiger partial charge < -0.3 is 5.32 Å². The molecule has 2 aromatic carbocycles. The van der Waals surface area contributed by atoms with Gasteiger partial charge in [0.15, 0.2) is 0 Å². The zero-order valence-corrected chi connectivity index (χ0v) is 13.3. The summed E-state index contributed by atoms with van der Waals surface area (Å²) in [6.45, 7) is 7.60. The van der Waals surface area contributed by atoms with Gasteiger partial charge in [-0.1, -0.05) is 66.7 Å². The van der Waals surface area contributed by atoms with Gasteiger partial charge >= 0.3 is 0 Å². The molecule has 0 aliphatic carbocycles. The normalized spacial score (nSPS) is 12.0. The van der Waals surface area contributed by atoms with Crippen molar-refractivity contribution in [3.05, 3.63) is 66.2 Å². The number of nitrogens with one attached hydrogen (secondary N) is 1. The number of benzene rings is 2. The Morgan fingerprint density at radius 2 is 1.48 bits per heavy atom. The first-order valence-corrected chi connectivity index (χ1v) is 7.62. The van der Waals surface area contributed by atoms with Crippen LogP contribution in [0.4, 0.5) is 0 Å². The van der Waals surface area contributed by atoms with E-state index in [1.807, 2.05) is 6.07 Å². The molecule has 21 heavy (non-hydrogen) atoms. The lowest BCUT2D eigenvalue weighted by atomic mass is 10.0. The summed E-state index contributed by atoms with van der Waals surface area (Å²) in [7, 11) is 0. The van der Waals surface area contributed by atoms with E-state index >= 15 is 0 Å². The van der Waals surface area contributed by atoms with Crippen LogP contribution in [0.1, 0.15) is 32.8 Å². The standard InChI is InChI=1S/C20H25N/c1-20(2,3)21-16-8-7-9-17-12-14-19(15-13-17)18-10-5-4-6-11-18/h4-7,9-15,21H,8,16H2,1-3H3. The average Bonchev–Trinajstić information content (AvgIpc) is 2.47. The van der Waals surface area contributed by atoms with Crippen LogP contribution >= 0.6 is 0 Å². The molecule has 2 aromatic rings. The first-order chi connectivity index (χ1) is 10.0. The Hall–Kier alpha value is -1.86. The Bertz CT molecular complexity index is 559. The van der Waals surface area contributed by atoms with Crippen LogP contribution in [0.3, 0.4) is 0 Å². The molecule has 0 spiro atoms. The van der Waals surface area contributed by atoms with Gasteiger partial charge in [-0.05, 0) is 50.4 Å². The van der Waals surface area contributed by atoms with Crippen molar-refractivity contribution in [2.45, 2.75) is 32.7 Å². The predicted molar refractivity (Wildman–Crippen MR) is 93.3 cm³/mol. The van der Waals surface area contributed by atoms with E-state index in [9.17, 15) is 0 Å². The highest BCUT2D eigenvalue weighted by Crippen LogP contribution is 2.19. The maximum atomic E-state index is 3.49. The molecule has 0 aromatic heterocycles. The molecule has 1 N–H and O–H groups in total. The monoisotopic (exact) mass is 279 g/mol. The van der Waals surface area contributed by atoms with Crippen LogP contribution < -0.4 is 5.32 Å². The first kappa shape index (κ1) is 15.5. The third kappa shape index (κ3) is 5.57. The van der Waals surface area contributed by atoms with Gasteiger partial charge in [0, 0.05) is 5.54 Å². The largest absolute Gasteiger partial charge is 0.312 e. The lowest BCUT2D eigenvalue weighted by molar-refractivity contribution is 0.431. The van der Waals surface area contributed by atoms with Crippen molar-refractivity contribution in [3.63, 3.8) is 0 Å². The van der Waals surface area contributed by atoms with Gasteiger partial charge in [-0.25, -0.2) is 0 Å². The topological polar surface area (TPSA) is 12.0 Å². The summed E-state index contributed by atoms with van der Waals surface area (Å²) < 4.78 is 0. The van der Waals surface area contributed by atoms with Gasteiger partial charge in [-0.3, -0.25) is 0 Å². The van der Waals surface area contributed by atoms with E-state index in [1.165, 1.54) is 16.7 Å². The second-order valence-electron chi connectivity index (χ2n) is 6.36. The summed E-state index contributed by atoms with van der Waals surface area (Å²) in [6, 6.07) is 19.2. The third-order valence-corrected chi connectivity index (χ3v) is 3.29. The molecular formula is C20H25N. The molecule has 110 valence electrons. The third-order valence-electron chi connectivity index (χ3n) is 3.29. The minimum absolute atomic E-state index is 0.200. The number of rotatable bonds is 5. The van der Waals surface area contributed by atoms with E-state index in [1.54, 1.807) is 0 Å². The Labute approximate surface area is 128 Å². The second kappa shape index (κ2) is 7.24.